The highest BCUT2D eigenvalue weighted by Gasteiger charge is 2.38. The molecule has 2 atom stereocenters. The van der Waals surface area contributed by atoms with E-state index in [0.717, 1.165) is 17.9 Å². The first-order valence-corrected chi connectivity index (χ1v) is 8.71. The Kier molecular flexibility index (Phi) is 4.53. The maximum Gasteiger partial charge on any atom is 0.330 e. The summed E-state index contributed by atoms with van der Waals surface area (Å²) < 4.78 is 10.7. The molecule has 1 fully saturated rings. The van der Waals surface area contributed by atoms with E-state index in [1.54, 1.807) is 6.08 Å². The molecule has 1 aliphatic heterocycles. The molecular formula is C21H26O3. The number of benzene rings is 1. The summed E-state index contributed by atoms with van der Waals surface area (Å²) in [4.78, 5) is 11.4. The highest BCUT2D eigenvalue weighted by atomic mass is 16.5. The molecule has 0 bridgehead atoms. The van der Waals surface area contributed by atoms with Crippen LogP contribution in [-0.4, -0.2) is 19.2 Å². The Hall–Kier alpha value is -2.03. The molecule has 0 radical (unpaired) electrons. The van der Waals surface area contributed by atoms with E-state index in [1.165, 1.54) is 17.5 Å². The van der Waals surface area contributed by atoms with E-state index in [-0.39, 0.29) is 11.4 Å². The van der Waals surface area contributed by atoms with Crippen molar-refractivity contribution < 1.29 is 14.3 Å². The van der Waals surface area contributed by atoms with Crippen molar-refractivity contribution in [1.82, 2.24) is 0 Å². The lowest BCUT2D eigenvalue weighted by molar-refractivity contribution is -0.137. The lowest BCUT2D eigenvalue weighted by Crippen LogP contribution is -2.18. The van der Waals surface area contributed by atoms with Crippen LogP contribution in [0.1, 0.15) is 51.2 Å². The van der Waals surface area contributed by atoms with Crippen LogP contribution in [0.15, 0.2) is 42.0 Å². The summed E-state index contributed by atoms with van der Waals surface area (Å²) >= 11 is 0. The minimum absolute atomic E-state index is 0.102. The molecule has 1 saturated carbocycles. The molecule has 128 valence electrons. The van der Waals surface area contributed by atoms with Crippen molar-refractivity contribution in [3.8, 4) is 5.75 Å². The second kappa shape index (κ2) is 6.46. The topological polar surface area (TPSA) is 35.5 Å². The number of carbonyl (C=O) groups is 1. The normalized spacial score (nSPS) is 24.6. The molecule has 0 saturated heterocycles. The van der Waals surface area contributed by atoms with Crippen LogP contribution in [0.2, 0.25) is 0 Å². The van der Waals surface area contributed by atoms with E-state index in [1.807, 2.05) is 19.9 Å². The smallest absolute Gasteiger partial charge is 0.330 e. The summed E-state index contributed by atoms with van der Waals surface area (Å²) in [6.07, 6.45) is 6.96. The van der Waals surface area contributed by atoms with E-state index >= 15 is 0 Å². The summed E-state index contributed by atoms with van der Waals surface area (Å²) in [5.41, 5.74) is 3.76. The Morgan fingerprint density at radius 3 is 2.96 bits per heavy atom. The monoisotopic (exact) mass is 326 g/mol. The van der Waals surface area contributed by atoms with Crippen molar-refractivity contribution in [2.45, 2.75) is 45.4 Å². The molecule has 0 amide bonds. The van der Waals surface area contributed by atoms with Gasteiger partial charge in [0.1, 0.15) is 5.75 Å². The number of esters is 1. The number of rotatable bonds is 5. The van der Waals surface area contributed by atoms with Crippen molar-refractivity contribution in [1.29, 1.82) is 0 Å². The minimum Gasteiger partial charge on any atom is -0.492 e. The standard InChI is InChI=1S/C21H26O3/c1-5-23-20(22)10-14(2)6-7-15-11-17(15)16-8-9-19-18(12-16)21(3,4)13-24-19/h6-10,12,15,17H,5,11,13H2,1-4H3/t15-,17+/m1/s1. The number of carbonyl (C=O) groups excluding carboxylic acids is 1. The molecule has 2 aliphatic rings. The van der Waals surface area contributed by atoms with Crippen LogP contribution in [0.5, 0.6) is 5.75 Å². The van der Waals surface area contributed by atoms with Gasteiger partial charge in [0.15, 0.2) is 0 Å². The fraction of sp³-hybridized carbons (Fsp3) is 0.476. The van der Waals surface area contributed by atoms with Gasteiger partial charge in [-0.2, -0.15) is 0 Å². The molecule has 1 aromatic carbocycles. The van der Waals surface area contributed by atoms with Gasteiger partial charge in [0.25, 0.3) is 0 Å². The Morgan fingerprint density at radius 1 is 1.42 bits per heavy atom. The van der Waals surface area contributed by atoms with Gasteiger partial charge in [0.2, 0.25) is 0 Å². The lowest BCUT2D eigenvalue weighted by Gasteiger charge is -2.15. The zero-order chi connectivity index (χ0) is 17.3. The van der Waals surface area contributed by atoms with Crippen LogP contribution in [-0.2, 0) is 14.9 Å². The first kappa shape index (κ1) is 16.8. The Labute approximate surface area is 144 Å². The van der Waals surface area contributed by atoms with Gasteiger partial charge in [0, 0.05) is 17.1 Å². The van der Waals surface area contributed by atoms with E-state index in [9.17, 15) is 4.79 Å². The molecule has 24 heavy (non-hydrogen) atoms. The highest BCUT2D eigenvalue weighted by Crippen LogP contribution is 2.50. The molecule has 0 spiro atoms. The number of hydrogen-bond donors (Lipinski definition) is 0. The molecule has 1 aromatic rings. The number of allylic oxidation sites excluding steroid dienone is 3. The van der Waals surface area contributed by atoms with E-state index in [0.29, 0.717) is 18.4 Å². The largest absolute Gasteiger partial charge is 0.492 e. The van der Waals surface area contributed by atoms with Crippen molar-refractivity contribution in [3.63, 3.8) is 0 Å². The predicted molar refractivity (Wildman–Crippen MR) is 95.3 cm³/mol. The van der Waals surface area contributed by atoms with Gasteiger partial charge >= 0.3 is 5.97 Å². The molecular weight excluding hydrogens is 300 g/mol. The maximum atomic E-state index is 11.4. The quantitative estimate of drug-likeness (QED) is 0.453. The molecule has 0 aromatic heterocycles. The van der Waals surface area contributed by atoms with Gasteiger partial charge < -0.3 is 9.47 Å². The summed E-state index contributed by atoms with van der Waals surface area (Å²) in [5, 5.41) is 0. The zero-order valence-electron chi connectivity index (χ0n) is 15.0. The van der Waals surface area contributed by atoms with Crippen molar-refractivity contribution in [2.24, 2.45) is 5.92 Å². The maximum absolute atomic E-state index is 11.4. The first-order chi connectivity index (χ1) is 11.4. The van der Waals surface area contributed by atoms with Gasteiger partial charge in [-0.1, -0.05) is 38.1 Å². The van der Waals surface area contributed by atoms with Gasteiger partial charge in [-0.05, 0) is 49.3 Å². The van der Waals surface area contributed by atoms with Crippen LogP contribution >= 0.6 is 0 Å². The molecule has 1 heterocycles. The Morgan fingerprint density at radius 2 is 2.21 bits per heavy atom. The predicted octanol–water partition coefficient (Wildman–Crippen LogP) is 4.53. The second-order valence-electron chi connectivity index (χ2n) is 7.43. The van der Waals surface area contributed by atoms with Gasteiger partial charge in [0.05, 0.1) is 13.2 Å². The van der Waals surface area contributed by atoms with Crippen molar-refractivity contribution >= 4 is 5.97 Å². The van der Waals surface area contributed by atoms with Gasteiger partial charge in [-0.3, -0.25) is 0 Å². The molecule has 3 rings (SSSR count). The fourth-order valence-corrected chi connectivity index (χ4v) is 3.27. The first-order valence-electron chi connectivity index (χ1n) is 8.71. The third kappa shape index (κ3) is 3.55. The molecule has 0 unspecified atom stereocenters. The molecule has 3 heteroatoms. The van der Waals surface area contributed by atoms with Gasteiger partial charge in [-0.15, -0.1) is 0 Å². The number of fused-ring (bicyclic) bond motifs is 1. The van der Waals surface area contributed by atoms with Crippen molar-refractivity contribution in [3.05, 3.63) is 53.1 Å². The van der Waals surface area contributed by atoms with Crippen LogP contribution in [0.4, 0.5) is 0 Å². The molecule has 1 aliphatic carbocycles. The van der Waals surface area contributed by atoms with Crippen LogP contribution < -0.4 is 4.74 Å². The third-order valence-electron chi connectivity index (χ3n) is 4.83. The average molecular weight is 326 g/mol. The molecule has 3 nitrogen and oxygen atoms in total. The number of hydrogen-bond acceptors (Lipinski definition) is 3. The summed E-state index contributed by atoms with van der Waals surface area (Å²) in [7, 11) is 0. The average Bonchev–Trinajstić information content (AvgIpc) is 3.24. The fourth-order valence-electron chi connectivity index (χ4n) is 3.27. The SMILES string of the molecule is CCOC(=O)C=C(C)C=C[C@@H]1C[C@@H]1c1ccc2c(c1)C(C)(C)CO2. The summed E-state index contributed by atoms with van der Waals surface area (Å²) in [5.74, 6) is 1.90. The van der Waals surface area contributed by atoms with Crippen molar-refractivity contribution in [2.75, 3.05) is 13.2 Å². The molecule has 0 N–H and O–H groups in total. The minimum atomic E-state index is -0.271. The summed E-state index contributed by atoms with van der Waals surface area (Å²) in [6.45, 7) is 9.38. The van der Waals surface area contributed by atoms with Gasteiger partial charge in [-0.25, -0.2) is 4.79 Å². The summed E-state index contributed by atoms with van der Waals surface area (Å²) in [6, 6.07) is 6.63. The van der Waals surface area contributed by atoms with E-state index in [2.05, 4.69) is 38.1 Å². The van der Waals surface area contributed by atoms with E-state index in [4.69, 9.17) is 9.47 Å². The van der Waals surface area contributed by atoms with E-state index < -0.39 is 0 Å². The highest BCUT2D eigenvalue weighted by molar-refractivity contribution is 5.83. The Bertz CT molecular complexity index is 697. The lowest BCUT2D eigenvalue weighted by atomic mass is 9.85. The van der Waals surface area contributed by atoms with Crippen LogP contribution in [0.3, 0.4) is 0 Å². The van der Waals surface area contributed by atoms with Crippen LogP contribution in [0, 0.1) is 5.92 Å². The Balaban J connectivity index is 1.64. The zero-order valence-corrected chi connectivity index (χ0v) is 15.0. The second-order valence-corrected chi connectivity index (χ2v) is 7.43. The van der Waals surface area contributed by atoms with Crippen LogP contribution in [0.25, 0.3) is 0 Å². The number of ether oxygens (including phenoxy) is 2. The third-order valence-corrected chi connectivity index (χ3v) is 4.83.